The van der Waals surface area contributed by atoms with Gasteiger partial charge in [0.25, 0.3) is 0 Å². The summed E-state index contributed by atoms with van der Waals surface area (Å²) in [5, 5.41) is 2.98. The van der Waals surface area contributed by atoms with E-state index >= 15 is 0 Å². The highest BCUT2D eigenvalue weighted by atomic mass is 16.5. The van der Waals surface area contributed by atoms with Crippen molar-refractivity contribution in [1.82, 2.24) is 15.2 Å². The number of rotatable bonds is 9. The standard InChI is InChI=1S/C25H27N3O3/c1-3-23(29)28(18-20-9-11-22(31-2)12-10-20)24(21-7-5-4-6-8-21)25(30)27-17-19-13-15-26-16-14-19/h4-16,24H,3,17-18H2,1-2H3,(H,27,30). The molecule has 1 N–H and O–H groups in total. The Hall–Kier alpha value is -3.67. The van der Waals surface area contributed by atoms with Crippen molar-refractivity contribution in [3.8, 4) is 5.75 Å². The summed E-state index contributed by atoms with van der Waals surface area (Å²) in [5.74, 6) is 0.425. The third-order valence-electron chi connectivity index (χ3n) is 5.03. The van der Waals surface area contributed by atoms with Crippen LogP contribution in [0.3, 0.4) is 0 Å². The van der Waals surface area contributed by atoms with E-state index in [-0.39, 0.29) is 11.8 Å². The molecule has 3 rings (SSSR count). The van der Waals surface area contributed by atoms with Crippen LogP contribution in [-0.4, -0.2) is 28.8 Å². The number of aromatic nitrogens is 1. The van der Waals surface area contributed by atoms with Crippen LogP contribution in [0, 0.1) is 0 Å². The minimum Gasteiger partial charge on any atom is -0.497 e. The van der Waals surface area contributed by atoms with Gasteiger partial charge in [0, 0.05) is 31.9 Å². The molecule has 6 heteroatoms. The minimum absolute atomic E-state index is 0.0938. The van der Waals surface area contributed by atoms with Gasteiger partial charge >= 0.3 is 0 Å². The van der Waals surface area contributed by atoms with Crippen molar-refractivity contribution in [3.63, 3.8) is 0 Å². The van der Waals surface area contributed by atoms with Crippen molar-refractivity contribution >= 4 is 11.8 Å². The summed E-state index contributed by atoms with van der Waals surface area (Å²) in [7, 11) is 1.61. The number of nitrogens with zero attached hydrogens (tertiary/aromatic N) is 2. The van der Waals surface area contributed by atoms with Crippen molar-refractivity contribution in [3.05, 3.63) is 95.8 Å². The molecular formula is C25H27N3O3. The van der Waals surface area contributed by atoms with Crippen molar-refractivity contribution in [2.45, 2.75) is 32.5 Å². The molecule has 1 unspecified atom stereocenters. The third kappa shape index (κ3) is 5.92. The van der Waals surface area contributed by atoms with Crippen LogP contribution in [0.5, 0.6) is 5.75 Å². The van der Waals surface area contributed by atoms with Crippen LogP contribution in [0.4, 0.5) is 0 Å². The van der Waals surface area contributed by atoms with Gasteiger partial charge in [-0.3, -0.25) is 14.6 Å². The summed E-state index contributed by atoms with van der Waals surface area (Å²) in [5.41, 5.74) is 2.63. The Balaban J connectivity index is 1.89. The molecule has 0 bridgehead atoms. The molecule has 0 aliphatic heterocycles. The lowest BCUT2D eigenvalue weighted by Crippen LogP contribution is -2.43. The largest absolute Gasteiger partial charge is 0.497 e. The van der Waals surface area contributed by atoms with Gasteiger partial charge < -0.3 is 15.0 Å². The van der Waals surface area contributed by atoms with Crippen LogP contribution in [0.15, 0.2) is 79.1 Å². The fraction of sp³-hybridized carbons (Fsp3) is 0.240. The lowest BCUT2D eigenvalue weighted by Gasteiger charge is -2.31. The van der Waals surface area contributed by atoms with E-state index in [0.717, 1.165) is 22.4 Å². The molecule has 31 heavy (non-hydrogen) atoms. The maximum Gasteiger partial charge on any atom is 0.247 e. The number of carbonyl (C=O) groups excluding carboxylic acids is 2. The Labute approximate surface area is 182 Å². The van der Waals surface area contributed by atoms with Crippen LogP contribution in [0.2, 0.25) is 0 Å². The van der Waals surface area contributed by atoms with Crippen molar-refractivity contribution in [1.29, 1.82) is 0 Å². The Morgan fingerprint density at radius 3 is 2.26 bits per heavy atom. The lowest BCUT2D eigenvalue weighted by molar-refractivity contribution is -0.141. The number of amides is 2. The first-order chi connectivity index (χ1) is 15.1. The number of ether oxygens (including phenoxy) is 1. The first kappa shape index (κ1) is 22.0. The molecule has 3 aromatic rings. The fourth-order valence-electron chi connectivity index (χ4n) is 3.35. The number of nitrogens with one attached hydrogen (secondary N) is 1. The van der Waals surface area contributed by atoms with E-state index in [0.29, 0.717) is 19.5 Å². The molecule has 0 saturated heterocycles. The number of methoxy groups -OCH3 is 1. The summed E-state index contributed by atoms with van der Waals surface area (Å²) in [6.45, 7) is 2.49. The van der Waals surface area contributed by atoms with E-state index in [1.807, 2.05) is 66.7 Å². The van der Waals surface area contributed by atoms with Gasteiger partial charge in [0.1, 0.15) is 11.8 Å². The highest BCUT2D eigenvalue weighted by Gasteiger charge is 2.30. The SMILES string of the molecule is CCC(=O)N(Cc1ccc(OC)cc1)C(C(=O)NCc1ccncc1)c1ccccc1. The first-order valence-corrected chi connectivity index (χ1v) is 10.3. The van der Waals surface area contributed by atoms with Crippen molar-refractivity contribution in [2.75, 3.05) is 7.11 Å². The maximum atomic E-state index is 13.3. The summed E-state index contributed by atoms with van der Waals surface area (Å²) in [6.07, 6.45) is 3.68. The Morgan fingerprint density at radius 2 is 1.65 bits per heavy atom. The number of benzene rings is 2. The van der Waals surface area contributed by atoms with E-state index in [4.69, 9.17) is 4.74 Å². The summed E-state index contributed by atoms with van der Waals surface area (Å²) < 4.78 is 5.22. The zero-order chi connectivity index (χ0) is 22.1. The van der Waals surface area contributed by atoms with Crippen LogP contribution >= 0.6 is 0 Å². The quantitative estimate of drug-likeness (QED) is 0.573. The molecular weight excluding hydrogens is 390 g/mol. The van der Waals surface area contributed by atoms with Gasteiger partial charge in [0.15, 0.2) is 0 Å². The molecule has 1 heterocycles. The fourth-order valence-corrected chi connectivity index (χ4v) is 3.35. The predicted molar refractivity (Wildman–Crippen MR) is 119 cm³/mol. The van der Waals surface area contributed by atoms with E-state index in [1.165, 1.54) is 0 Å². The molecule has 2 amide bonds. The molecule has 0 aliphatic rings. The number of pyridine rings is 1. The van der Waals surface area contributed by atoms with E-state index < -0.39 is 6.04 Å². The predicted octanol–water partition coefficient (Wildman–Crippen LogP) is 3.89. The monoisotopic (exact) mass is 417 g/mol. The Kier molecular flexibility index (Phi) is 7.76. The van der Waals surface area contributed by atoms with Crippen molar-refractivity contribution in [2.24, 2.45) is 0 Å². The average molecular weight is 418 g/mol. The number of hydrogen-bond acceptors (Lipinski definition) is 4. The second kappa shape index (κ2) is 10.9. The zero-order valence-corrected chi connectivity index (χ0v) is 17.8. The van der Waals surface area contributed by atoms with Crippen LogP contribution < -0.4 is 10.1 Å². The Morgan fingerprint density at radius 1 is 0.968 bits per heavy atom. The highest BCUT2D eigenvalue weighted by Crippen LogP contribution is 2.25. The highest BCUT2D eigenvalue weighted by molar-refractivity contribution is 5.88. The molecule has 1 atom stereocenters. The van der Waals surface area contributed by atoms with Gasteiger partial charge in [0.2, 0.25) is 11.8 Å². The molecule has 1 aromatic heterocycles. The maximum absolute atomic E-state index is 13.3. The number of carbonyl (C=O) groups is 2. The second-order valence-electron chi connectivity index (χ2n) is 7.11. The normalized spacial score (nSPS) is 11.4. The van der Waals surface area contributed by atoms with Crippen molar-refractivity contribution < 1.29 is 14.3 Å². The zero-order valence-electron chi connectivity index (χ0n) is 17.8. The number of hydrogen-bond donors (Lipinski definition) is 1. The molecule has 0 radical (unpaired) electrons. The summed E-state index contributed by atoms with van der Waals surface area (Å²) in [6, 6.07) is 19.9. The molecule has 0 aliphatic carbocycles. The smallest absolute Gasteiger partial charge is 0.247 e. The summed E-state index contributed by atoms with van der Waals surface area (Å²) in [4.78, 5) is 31.9. The molecule has 0 fully saturated rings. The van der Waals surface area contributed by atoms with Gasteiger partial charge in [-0.25, -0.2) is 0 Å². The van der Waals surface area contributed by atoms with E-state index in [2.05, 4.69) is 10.3 Å². The molecule has 160 valence electrons. The topological polar surface area (TPSA) is 71.5 Å². The molecule has 0 spiro atoms. The van der Waals surface area contributed by atoms with Gasteiger partial charge in [-0.05, 0) is 41.0 Å². The average Bonchev–Trinajstić information content (AvgIpc) is 2.83. The first-order valence-electron chi connectivity index (χ1n) is 10.3. The second-order valence-corrected chi connectivity index (χ2v) is 7.11. The molecule has 0 saturated carbocycles. The van der Waals surface area contributed by atoms with Gasteiger partial charge in [-0.1, -0.05) is 49.4 Å². The minimum atomic E-state index is -0.738. The Bertz CT molecular complexity index is 976. The van der Waals surface area contributed by atoms with Crippen LogP contribution in [-0.2, 0) is 22.7 Å². The third-order valence-corrected chi connectivity index (χ3v) is 5.03. The van der Waals surface area contributed by atoms with Crippen LogP contribution in [0.1, 0.15) is 36.1 Å². The summed E-state index contributed by atoms with van der Waals surface area (Å²) >= 11 is 0. The van der Waals surface area contributed by atoms with Gasteiger partial charge in [0.05, 0.1) is 7.11 Å². The molecule has 6 nitrogen and oxygen atoms in total. The van der Waals surface area contributed by atoms with Gasteiger partial charge in [-0.2, -0.15) is 0 Å². The van der Waals surface area contributed by atoms with Crippen LogP contribution in [0.25, 0.3) is 0 Å². The molecule has 2 aromatic carbocycles. The van der Waals surface area contributed by atoms with Gasteiger partial charge in [-0.15, -0.1) is 0 Å². The van der Waals surface area contributed by atoms with E-state index in [9.17, 15) is 9.59 Å². The lowest BCUT2D eigenvalue weighted by atomic mass is 10.0. The van der Waals surface area contributed by atoms with E-state index in [1.54, 1.807) is 31.3 Å².